The van der Waals surface area contributed by atoms with Crippen molar-refractivity contribution in [2.24, 2.45) is 0 Å². The van der Waals surface area contributed by atoms with Gasteiger partial charge in [-0.05, 0) is 50.5 Å². The largest absolute Gasteiger partial charge is 0.366 e. The average molecular weight is 568 g/mol. The molecule has 1 aromatic carbocycles. The molecule has 7 nitrogen and oxygen atoms in total. The number of nitriles is 1. The summed E-state index contributed by atoms with van der Waals surface area (Å²) in [5, 5.41) is 9.92. The highest BCUT2D eigenvalue weighted by molar-refractivity contribution is 8.26. The molecule has 3 heterocycles. The fraction of sp³-hybridized carbons (Fsp3) is 0.448. The second-order valence-corrected chi connectivity index (χ2v) is 11.6. The van der Waals surface area contributed by atoms with E-state index in [2.05, 4.69) is 17.9 Å². The van der Waals surface area contributed by atoms with Crippen molar-refractivity contribution in [1.82, 2.24) is 9.47 Å². The predicted molar refractivity (Wildman–Crippen MR) is 161 cm³/mol. The molecular weight excluding hydrogens is 533 g/mol. The van der Waals surface area contributed by atoms with Crippen molar-refractivity contribution in [3.05, 3.63) is 62.0 Å². The van der Waals surface area contributed by atoms with E-state index in [1.807, 2.05) is 24.8 Å². The number of rotatable bonds is 8. The van der Waals surface area contributed by atoms with Crippen molar-refractivity contribution < 1.29 is 9.18 Å². The molecule has 1 amide bonds. The van der Waals surface area contributed by atoms with Gasteiger partial charge in [0.15, 0.2) is 0 Å². The lowest BCUT2D eigenvalue weighted by molar-refractivity contribution is -0.123. The summed E-state index contributed by atoms with van der Waals surface area (Å²) in [5.41, 5.74) is 1.56. The first-order valence-electron chi connectivity index (χ1n) is 13.4. The maximum absolute atomic E-state index is 14.5. The van der Waals surface area contributed by atoms with Crippen LogP contribution in [-0.2, 0) is 11.3 Å². The van der Waals surface area contributed by atoms with Crippen LogP contribution < -0.4 is 15.4 Å². The van der Waals surface area contributed by atoms with E-state index in [1.54, 1.807) is 34.6 Å². The average Bonchev–Trinajstić information content (AvgIpc) is 3.22. The molecule has 1 aromatic heterocycles. The minimum Gasteiger partial charge on any atom is -0.366 e. The molecule has 39 heavy (non-hydrogen) atoms. The van der Waals surface area contributed by atoms with Crippen LogP contribution in [0.3, 0.4) is 0 Å². The monoisotopic (exact) mass is 567 g/mol. The van der Waals surface area contributed by atoms with Gasteiger partial charge >= 0.3 is 0 Å². The van der Waals surface area contributed by atoms with Gasteiger partial charge in [-0.3, -0.25) is 19.1 Å². The van der Waals surface area contributed by atoms with Crippen LogP contribution in [0.1, 0.15) is 56.7 Å². The number of pyridine rings is 1. The molecule has 1 unspecified atom stereocenters. The van der Waals surface area contributed by atoms with Gasteiger partial charge in [-0.2, -0.15) is 5.26 Å². The standard InChI is InChI=1S/C29H34FN5O2S2/c1-5-7-12-34-26(33-15-13-32(14-16-33)24-11-9-8-10-23(24)30)21(20(4)22(18-31)27(34)36)17-25-28(37)35(19(3)6-2)29(38)39-25/h8-11,17,19H,5-7,12-16H2,1-4H3/b25-17+. The van der Waals surface area contributed by atoms with Gasteiger partial charge in [0.05, 0.1) is 10.6 Å². The van der Waals surface area contributed by atoms with E-state index in [0.717, 1.165) is 19.3 Å². The van der Waals surface area contributed by atoms with E-state index in [4.69, 9.17) is 12.2 Å². The predicted octanol–water partition coefficient (Wildman–Crippen LogP) is 5.29. The molecule has 206 valence electrons. The van der Waals surface area contributed by atoms with Crippen LogP contribution >= 0.6 is 24.0 Å². The summed E-state index contributed by atoms with van der Waals surface area (Å²) in [6, 6.07) is 8.82. The van der Waals surface area contributed by atoms with Gasteiger partial charge in [0, 0.05) is 44.3 Å². The van der Waals surface area contributed by atoms with Crippen LogP contribution in [0.25, 0.3) is 6.08 Å². The maximum Gasteiger partial charge on any atom is 0.270 e. The third kappa shape index (κ3) is 5.61. The highest BCUT2D eigenvalue weighted by atomic mass is 32.2. The number of hydrogen-bond acceptors (Lipinski definition) is 7. The molecule has 10 heteroatoms. The molecule has 0 spiro atoms. The Bertz CT molecular complexity index is 1410. The van der Waals surface area contributed by atoms with Gasteiger partial charge in [-0.15, -0.1) is 0 Å². The molecule has 2 aromatic rings. The van der Waals surface area contributed by atoms with Gasteiger partial charge < -0.3 is 9.80 Å². The molecule has 2 saturated heterocycles. The van der Waals surface area contributed by atoms with Crippen LogP contribution in [0, 0.1) is 24.1 Å². The summed E-state index contributed by atoms with van der Waals surface area (Å²) in [7, 11) is 0. The van der Waals surface area contributed by atoms with Gasteiger partial charge in [0.25, 0.3) is 11.5 Å². The SMILES string of the molecule is CCCCn1c(N2CCN(c3ccccc3F)CC2)c(/C=C2/SC(=S)N(C(C)CC)C2=O)c(C)c(C#N)c1=O. The topological polar surface area (TPSA) is 72.6 Å². The lowest BCUT2D eigenvalue weighted by Crippen LogP contribution is -2.49. The molecule has 4 rings (SSSR count). The lowest BCUT2D eigenvalue weighted by Gasteiger charge is -2.39. The van der Waals surface area contributed by atoms with Gasteiger partial charge in [-0.1, -0.05) is 56.4 Å². The summed E-state index contributed by atoms with van der Waals surface area (Å²) in [6.45, 7) is 10.5. The van der Waals surface area contributed by atoms with E-state index in [0.29, 0.717) is 64.6 Å². The van der Waals surface area contributed by atoms with Crippen LogP contribution in [-0.4, -0.2) is 51.9 Å². The third-order valence-corrected chi connectivity index (χ3v) is 8.81. The zero-order valence-electron chi connectivity index (χ0n) is 22.9. The number of amides is 1. The first kappa shape index (κ1) is 28.8. The molecule has 0 N–H and O–H groups in total. The molecule has 2 aliphatic rings. The second kappa shape index (κ2) is 12.3. The summed E-state index contributed by atoms with van der Waals surface area (Å²) in [6.07, 6.45) is 4.23. The molecule has 0 saturated carbocycles. The summed E-state index contributed by atoms with van der Waals surface area (Å²) in [5.74, 6) is 0.287. The molecule has 2 aliphatic heterocycles. The highest BCUT2D eigenvalue weighted by Crippen LogP contribution is 2.37. The number of benzene rings is 1. The van der Waals surface area contributed by atoms with E-state index >= 15 is 0 Å². The number of hydrogen-bond donors (Lipinski definition) is 0. The van der Waals surface area contributed by atoms with Crippen LogP contribution in [0.2, 0.25) is 0 Å². The number of halogens is 1. The van der Waals surface area contributed by atoms with Crippen molar-refractivity contribution in [2.45, 2.75) is 59.5 Å². The Kier molecular flexibility index (Phi) is 9.13. The molecular formula is C29H34FN5O2S2. The van der Waals surface area contributed by atoms with E-state index in [9.17, 15) is 19.2 Å². The number of piperazine rings is 1. The third-order valence-electron chi connectivity index (χ3n) is 7.48. The van der Waals surface area contributed by atoms with Crippen LogP contribution in [0.15, 0.2) is 34.0 Å². The number of unbranched alkanes of at least 4 members (excludes halogenated alkanes) is 1. The number of para-hydroxylation sites is 1. The van der Waals surface area contributed by atoms with E-state index in [-0.39, 0.29) is 28.9 Å². The number of carbonyl (C=O) groups excluding carboxylic acids is 1. The number of nitrogens with zero attached hydrogens (tertiary/aromatic N) is 5. The summed E-state index contributed by atoms with van der Waals surface area (Å²) in [4.78, 5) is 33.2. The van der Waals surface area contributed by atoms with Crippen molar-refractivity contribution in [2.75, 3.05) is 36.0 Å². The number of thioether (sulfide) groups is 1. The number of carbonyl (C=O) groups is 1. The summed E-state index contributed by atoms with van der Waals surface area (Å²) >= 11 is 6.79. The zero-order valence-corrected chi connectivity index (χ0v) is 24.5. The Morgan fingerprint density at radius 1 is 1.15 bits per heavy atom. The maximum atomic E-state index is 14.5. The lowest BCUT2D eigenvalue weighted by atomic mass is 10.0. The summed E-state index contributed by atoms with van der Waals surface area (Å²) < 4.78 is 16.7. The van der Waals surface area contributed by atoms with Crippen LogP contribution in [0.5, 0.6) is 0 Å². The van der Waals surface area contributed by atoms with Crippen LogP contribution in [0.4, 0.5) is 15.9 Å². The Balaban J connectivity index is 1.81. The Hall–Kier alpha value is -3.16. The molecule has 0 bridgehead atoms. The van der Waals surface area contributed by atoms with E-state index < -0.39 is 0 Å². The normalized spacial score (nSPS) is 17.7. The second-order valence-electron chi connectivity index (χ2n) is 9.89. The van der Waals surface area contributed by atoms with Gasteiger partial charge in [0.2, 0.25) is 0 Å². The van der Waals surface area contributed by atoms with Crippen molar-refractivity contribution >= 4 is 51.8 Å². The molecule has 1 atom stereocenters. The van der Waals surface area contributed by atoms with E-state index in [1.165, 1.54) is 17.8 Å². The van der Waals surface area contributed by atoms with Crippen molar-refractivity contribution in [1.29, 1.82) is 5.26 Å². The van der Waals surface area contributed by atoms with Crippen molar-refractivity contribution in [3.8, 4) is 6.07 Å². The Morgan fingerprint density at radius 3 is 2.44 bits per heavy atom. The zero-order chi connectivity index (χ0) is 28.3. The first-order valence-corrected chi connectivity index (χ1v) is 14.6. The number of thiocarbonyl (C=S) groups is 1. The molecule has 0 aliphatic carbocycles. The molecule has 2 fully saturated rings. The smallest absolute Gasteiger partial charge is 0.270 e. The molecule has 0 radical (unpaired) electrons. The Labute approximate surface area is 238 Å². The van der Waals surface area contributed by atoms with Crippen molar-refractivity contribution in [3.63, 3.8) is 0 Å². The Morgan fingerprint density at radius 2 is 1.82 bits per heavy atom. The fourth-order valence-electron chi connectivity index (χ4n) is 5.05. The minimum atomic E-state index is -0.320. The van der Waals surface area contributed by atoms with Gasteiger partial charge in [0.1, 0.15) is 27.6 Å². The number of aromatic nitrogens is 1. The highest BCUT2D eigenvalue weighted by Gasteiger charge is 2.36. The number of anilines is 2. The minimum absolute atomic E-state index is 0.0244. The first-order chi connectivity index (χ1) is 18.7. The van der Waals surface area contributed by atoms with Gasteiger partial charge in [-0.25, -0.2) is 4.39 Å². The quantitative estimate of drug-likeness (QED) is 0.317. The fourth-order valence-corrected chi connectivity index (χ4v) is 6.49.